The summed E-state index contributed by atoms with van der Waals surface area (Å²) in [6.45, 7) is 1.95. The lowest BCUT2D eigenvalue weighted by Gasteiger charge is -2.62. The monoisotopic (exact) mass is 453 g/mol. The molecular weight excluding hydrogens is 426 g/mol. The molecule has 2 heterocycles. The van der Waals surface area contributed by atoms with Crippen LogP contribution in [0.2, 0.25) is 0 Å². The molecule has 0 aromatic heterocycles. The lowest BCUT2D eigenvalue weighted by molar-refractivity contribution is -0.188. The van der Waals surface area contributed by atoms with E-state index < -0.39 is 27.5 Å². The number of ketones is 1. The summed E-state index contributed by atoms with van der Waals surface area (Å²) in [5, 5.41) is 22.3. The number of phenols is 1. The van der Waals surface area contributed by atoms with Crippen LogP contribution in [0.3, 0.4) is 0 Å². The highest BCUT2D eigenvalue weighted by Crippen LogP contribution is 2.64. The quantitative estimate of drug-likeness (QED) is 0.572. The number of likely N-dealkylation sites (tertiary alicyclic amines) is 1. The highest BCUT2D eigenvalue weighted by Gasteiger charge is 2.73. The molecule has 1 saturated heterocycles. The Balaban J connectivity index is 0.000000303. The van der Waals surface area contributed by atoms with E-state index in [1.165, 1.54) is 12.8 Å². The molecule has 3 fully saturated rings. The van der Waals surface area contributed by atoms with Crippen LogP contribution >= 0.6 is 0 Å². The maximum atomic E-state index is 12.7. The summed E-state index contributed by atoms with van der Waals surface area (Å²) >= 11 is 0. The van der Waals surface area contributed by atoms with E-state index in [1.54, 1.807) is 6.07 Å². The molecule has 0 amide bonds. The van der Waals surface area contributed by atoms with Gasteiger partial charge in [-0.2, -0.15) is 8.42 Å². The molecule has 2 saturated carbocycles. The number of Topliss-reactive ketones (excluding diaryl/α,β-unsaturated/α-hetero) is 1. The number of nitrogens with zero attached hydrogens (tertiary/aromatic N) is 1. The van der Waals surface area contributed by atoms with Crippen LogP contribution in [0, 0.1) is 5.92 Å². The summed E-state index contributed by atoms with van der Waals surface area (Å²) in [6, 6.07) is 3.69. The normalized spacial score (nSPS) is 35.6. The first-order valence-electron chi connectivity index (χ1n) is 10.6. The van der Waals surface area contributed by atoms with E-state index >= 15 is 0 Å². The Hall–Kier alpha value is -1.72. The van der Waals surface area contributed by atoms with Crippen LogP contribution in [0.4, 0.5) is 0 Å². The third kappa shape index (κ3) is 3.03. The molecule has 3 aliphatic carbocycles. The Kier molecular flexibility index (Phi) is 4.70. The number of benzene rings is 1. The maximum Gasteiger partial charge on any atom is 0.397 e. The predicted octanol–water partition coefficient (Wildman–Crippen LogP) is 0.961. The maximum absolute atomic E-state index is 12.7. The Morgan fingerprint density at radius 3 is 2.65 bits per heavy atom. The summed E-state index contributed by atoms with van der Waals surface area (Å²) in [7, 11) is -3.29. The largest absolute Gasteiger partial charge is 0.504 e. The van der Waals surface area contributed by atoms with Crippen molar-refractivity contribution in [1.82, 2.24) is 4.90 Å². The second-order valence-corrected chi connectivity index (χ2v) is 10.5. The summed E-state index contributed by atoms with van der Waals surface area (Å²) < 4.78 is 35.7. The summed E-state index contributed by atoms with van der Waals surface area (Å²) in [6.07, 6.45) is 4.33. The zero-order valence-electron chi connectivity index (χ0n) is 17.3. The zero-order valence-corrected chi connectivity index (χ0v) is 18.1. The molecule has 0 unspecified atom stereocenters. The van der Waals surface area contributed by atoms with E-state index in [9.17, 15) is 23.4 Å². The van der Waals surface area contributed by atoms with Gasteiger partial charge < -0.3 is 14.9 Å². The minimum absolute atomic E-state index is 0.0454. The van der Waals surface area contributed by atoms with Crippen LogP contribution in [0.5, 0.6) is 11.5 Å². The smallest absolute Gasteiger partial charge is 0.397 e. The number of ether oxygens (including phenoxy) is 1. The topological polar surface area (TPSA) is 134 Å². The van der Waals surface area contributed by atoms with E-state index in [0.717, 1.165) is 50.1 Å². The molecule has 5 aliphatic rings. The van der Waals surface area contributed by atoms with Crippen LogP contribution in [0.15, 0.2) is 12.1 Å². The SMILES string of the molecule is COS(=O)(=O)O.O=C1CC[C@@]2(O)[C@H]3Cc4ccc(O)c5c4[C@@]2(CCN3CC2CC2)[C@H]1O5. The number of hydrogen-bond donors (Lipinski definition) is 3. The molecule has 6 rings (SSSR count). The molecule has 1 spiro atoms. The first kappa shape index (κ1) is 21.1. The lowest BCUT2D eigenvalue weighted by atomic mass is 9.49. The van der Waals surface area contributed by atoms with Gasteiger partial charge in [-0.15, -0.1) is 0 Å². The van der Waals surface area contributed by atoms with E-state index in [4.69, 9.17) is 9.29 Å². The van der Waals surface area contributed by atoms with E-state index in [0.29, 0.717) is 18.6 Å². The molecule has 0 radical (unpaired) electrons. The van der Waals surface area contributed by atoms with Crippen LogP contribution in [0.1, 0.15) is 43.2 Å². The van der Waals surface area contributed by atoms with Gasteiger partial charge in [-0.05, 0) is 56.2 Å². The minimum Gasteiger partial charge on any atom is -0.504 e. The zero-order chi connectivity index (χ0) is 22.2. The number of carbonyl (C=O) groups excluding carboxylic acids is 1. The number of rotatable bonds is 3. The van der Waals surface area contributed by atoms with Gasteiger partial charge in [0.2, 0.25) is 0 Å². The van der Waals surface area contributed by atoms with Crippen LogP contribution in [0.25, 0.3) is 0 Å². The second-order valence-electron chi connectivity index (χ2n) is 9.31. The molecule has 4 atom stereocenters. The van der Waals surface area contributed by atoms with Crippen molar-refractivity contribution in [2.24, 2.45) is 5.92 Å². The highest BCUT2D eigenvalue weighted by molar-refractivity contribution is 7.80. The summed E-state index contributed by atoms with van der Waals surface area (Å²) in [5.74, 6) is 1.39. The Labute approximate surface area is 180 Å². The number of phenolic OH excluding ortho intramolecular Hbond substituents is 1. The van der Waals surface area contributed by atoms with Gasteiger partial charge >= 0.3 is 10.4 Å². The summed E-state index contributed by atoms with van der Waals surface area (Å²) in [5.41, 5.74) is 0.454. The average molecular weight is 454 g/mol. The third-order valence-electron chi connectivity index (χ3n) is 7.77. The van der Waals surface area contributed by atoms with Crippen LogP contribution in [-0.2, 0) is 31.2 Å². The average Bonchev–Trinajstić information content (AvgIpc) is 3.45. The van der Waals surface area contributed by atoms with Crippen molar-refractivity contribution in [2.45, 2.75) is 61.7 Å². The van der Waals surface area contributed by atoms with Gasteiger partial charge in [-0.3, -0.25) is 18.4 Å². The second kappa shape index (κ2) is 6.89. The molecule has 10 heteroatoms. The molecule has 2 bridgehead atoms. The first-order valence-corrected chi connectivity index (χ1v) is 12.0. The predicted molar refractivity (Wildman–Crippen MR) is 108 cm³/mol. The minimum atomic E-state index is -4.16. The lowest BCUT2D eigenvalue weighted by Crippen LogP contribution is -2.76. The fraction of sp³-hybridized carbons (Fsp3) is 0.667. The molecule has 1 aromatic carbocycles. The van der Waals surface area contributed by atoms with Crippen molar-refractivity contribution >= 4 is 16.2 Å². The van der Waals surface area contributed by atoms with Gasteiger partial charge in [0.1, 0.15) is 0 Å². The van der Waals surface area contributed by atoms with Crippen molar-refractivity contribution in [3.63, 3.8) is 0 Å². The van der Waals surface area contributed by atoms with Crippen molar-refractivity contribution in [2.75, 3.05) is 20.2 Å². The Morgan fingerprint density at radius 2 is 2.00 bits per heavy atom. The van der Waals surface area contributed by atoms with Crippen molar-refractivity contribution < 1.29 is 36.9 Å². The van der Waals surface area contributed by atoms with E-state index in [2.05, 4.69) is 9.08 Å². The van der Waals surface area contributed by atoms with Gasteiger partial charge in [-0.25, -0.2) is 0 Å². The molecule has 31 heavy (non-hydrogen) atoms. The van der Waals surface area contributed by atoms with E-state index in [1.807, 2.05) is 6.07 Å². The van der Waals surface area contributed by atoms with Gasteiger partial charge in [0.05, 0.1) is 18.1 Å². The van der Waals surface area contributed by atoms with Crippen molar-refractivity contribution in [3.8, 4) is 11.5 Å². The molecule has 1 aromatic rings. The van der Waals surface area contributed by atoms with Gasteiger partial charge in [-0.1, -0.05) is 6.07 Å². The molecular formula is C21H27NO8S. The fourth-order valence-corrected chi connectivity index (χ4v) is 6.26. The molecule has 9 nitrogen and oxygen atoms in total. The number of piperidine rings is 1. The van der Waals surface area contributed by atoms with Gasteiger partial charge in [0.25, 0.3) is 0 Å². The van der Waals surface area contributed by atoms with Crippen LogP contribution in [-0.4, -0.2) is 71.8 Å². The number of aromatic hydroxyl groups is 1. The van der Waals surface area contributed by atoms with E-state index in [-0.39, 0.29) is 17.6 Å². The van der Waals surface area contributed by atoms with Gasteiger partial charge in [0, 0.05) is 24.6 Å². The molecule has 2 aliphatic heterocycles. The standard InChI is InChI=1S/C20H23NO4.CH4O4S/c22-13-4-3-12-9-15-20(24)6-5-14(23)18-19(20,16(12)17(13)25-18)7-8-21(15)10-11-1-2-11;1-5-6(2,3)4/h3-4,11,15,18,22,24H,1-2,5-10H2;1H3,(H,2,3,4)/t15-,18+,19+,20-;/m1./s1. The van der Waals surface area contributed by atoms with Crippen molar-refractivity contribution in [1.29, 1.82) is 0 Å². The Morgan fingerprint density at radius 1 is 1.29 bits per heavy atom. The number of hydrogen-bond acceptors (Lipinski definition) is 8. The summed E-state index contributed by atoms with van der Waals surface area (Å²) in [4.78, 5) is 15.2. The molecule has 3 N–H and O–H groups in total. The third-order valence-corrected chi connectivity index (χ3v) is 8.19. The molecule has 170 valence electrons. The first-order chi connectivity index (χ1) is 14.6. The number of aliphatic hydroxyl groups is 1. The number of carbonyl (C=O) groups is 1. The van der Waals surface area contributed by atoms with Crippen molar-refractivity contribution in [3.05, 3.63) is 23.3 Å². The fourth-order valence-electron chi connectivity index (χ4n) is 6.26. The van der Waals surface area contributed by atoms with Gasteiger partial charge in [0.15, 0.2) is 23.4 Å². The Bertz CT molecular complexity index is 1040. The highest BCUT2D eigenvalue weighted by atomic mass is 32.3. The van der Waals surface area contributed by atoms with Crippen LogP contribution < -0.4 is 4.74 Å².